The van der Waals surface area contributed by atoms with Crippen molar-refractivity contribution in [2.45, 2.75) is 17.6 Å². The molecule has 2 aromatic rings. The zero-order valence-corrected chi connectivity index (χ0v) is 13.1. The molecular weight excluding hydrogens is 308 g/mol. The van der Waals surface area contributed by atoms with Gasteiger partial charge in [0.1, 0.15) is 4.21 Å². The van der Waals surface area contributed by atoms with Crippen LogP contribution in [0.1, 0.15) is 12.0 Å². The van der Waals surface area contributed by atoms with E-state index in [0.717, 1.165) is 16.9 Å². The topological polar surface area (TPSA) is 89.3 Å². The Balaban J connectivity index is 1.97. The number of benzene rings is 1. The number of carbonyl (C=O) groups excluding carboxylic acids is 1. The summed E-state index contributed by atoms with van der Waals surface area (Å²) in [7, 11) is -3.38. The van der Waals surface area contributed by atoms with Crippen LogP contribution in [0, 0.1) is 6.92 Å². The van der Waals surface area contributed by atoms with Crippen molar-refractivity contribution in [3.8, 4) is 0 Å². The molecule has 0 aliphatic rings. The summed E-state index contributed by atoms with van der Waals surface area (Å²) in [4.78, 5) is 11.9. The Morgan fingerprint density at radius 1 is 1.33 bits per heavy atom. The third-order valence-electron chi connectivity index (χ3n) is 2.92. The molecule has 0 fully saturated rings. The molecule has 0 spiro atoms. The smallest absolute Gasteiger partial charge is 0.225 e. The standard InChI is InChI=1S/C14H16N2O3S2/c1-10-9-11(15)4-5-12(10)16-13(17)6-8-21(18,19)14-3-2-7-20-14/h2-5,7,9H,6,8,15H2,1H3,(H,16,17). The van der Waals surface area contributed by atoms with E-state index < -0.39 is 9.84 Å². The van der Waals surface area contributed by atoms with Gasteiger partial charge in [-0.3, -0.25) is 4.79 Å². The number of thiophene rings is 1. The van der Waals surface area contributed by atoms with E-state index in [2.05, 4.69) is 5.32 Å². The number of rotatable bonds is 5. The van der Waals surface area contributed by atoms with Gasteiger partial charge in [-0.2, -0.15) is 0 Å². The number of aryl methyl sites for hydroxylation is 1. The Labute approximate surface area is 127 Å². The molecule has 112 valence electrons. The monoisotopic (exact) mass is 324 g/mol. The summed E-state index contributed by atoms with van der Waals surface area (Å²) in [5.74, 6) is -0.532. The van der Waals surface area contributed by atoms with Crippen molar-refractivity contribution in [1.82, 2.24) is 0 Å². The summed E-state index contributed by atoms with van der Waals surface area (Å²) in [6.07, 6.45) is -0.0793. The van der Waals surface area contributed by atoms with Gasteiger partial charge in [0.25, 0.3) is 0 Å². The van der Waals surface area contributed by atoms with E-state index in [4.69, 9.17) is 5.73 Å². The minimum Gasteiger partial charge on any atom is -0.399 e. The number of nitrogen functional groups attached to an aromatic ring is 1. The van der Waals surface area contributed by atoms with Crippen molar-refractivity contribution < 1.29 is 13.2 Å². The predicted molar refractivity (Wildman–Crippen MR) is 85.2 cm³/mol. The molecule has 0 unspecified atom stereocenters. The third-order valence-corrected chi connectivity index (χ3v) is 6.13. The van der Waals surface area contributed by atoms with Gasteiger partial charge in [0.15, 0.2) is 9.84 Å². The molecule has 1 amide bonds. The SMILES string of the molecule is Cc1cc(N)ccc1NC(=O)CCS(=O)(=O)c1cccs1. The molecule has 1 aromatic heterocycles. The maximum absolute atomic E-state index is 12.0. The molecule has 1 aromatic carbocycles. The van der Waals surface area contributed by atoms with Crippen LogP contribution >= 0.6 is 11.3 Å². The van der Waals surface area contributed by atoms with Crippen LogP contribution in [-0.4, -0.2) is 20.1 Å². The van der Waals surface area contributed by atoms with Gasteiger partial charge in [0.05, 0.1) is 5.75 Å². The molecular formula is C14H16N2O3S2. The number of nitrogens with one attached hydrogen (secondary N) is 1. The average molecular weight is 324 g/mol. The fraction of sp³-hybridized carbons (Fsp3) is 0.214. The summed E-state index contributed by atoms with van der Waals surface area (Å²) in [5, 5.41) is 4.40. The zero-order valence-electron chi connectivity index (χ0n) is 11.5. The molecule has 0 saturated carbocycles. The lowest BCUT2D eigenvalue weighted by molar-refractivity contribution is -0.115. The lowest BCUT2D eigenvalue weighted by Gasteiger charge is -2.09. The number of hydrogen-bond acceptors (Lipinski definition) is 5. The first-order valence-corrected chi connectivity index (χ1v) is 8.84. The van der Waals surface area contributed by atoms with Crippen molar-refractivity contribution in [2.75, 3.05) is 16.8 Å². The van der Waals surface area contributed by atoms with E-state index in [1.54, 1.807) is 35.7 Å². The molecule has 0 atom stereocenters. The van der Waals surface area contributed by atoms with Gasteiger partial charge >= 0.3 is 0 Å². The van der Waals surface area contributed by atoms with Gasteiger partial charge in [-0.15, -0.1) is 11.3 Å². The van der Waals surface area contributed by atoms with Crippen molar-refractivity contribution in [3.05, 3.63) is 41.3 Å². The second-order valence-corrected chi connectivity index (χ2v) is 7.91. The third kappa shape index (κ3) is 4.05. The highest BCUT2D eigenvalue weighted by atomic mass is 32.2. The molecule has 21 heavy (non-hydrogen) atoms. The van der Waals surface area contributed by atoms with Crippen molar-refractivity contribution in [3.63, 3.8) is 0 Å². The van der Waals surface area contributed by atoms with Gasteiger partial charge in [-0.1, -0.05) is 6.07 Å². The first-order valence-electron chi connectivity index (χ1n) is 6.31. The number of carbonyl (C=O) groups is 1. The van der Waals surface area contributed by atoms with E-state index in [1.807, 2.05) is 6.92 Å². The van der Waals surface area contributed by atoms with Crippen LogP contribution in [0.3, 0.4) is 0 Å². The summed E-state index contributed by atoms with van der Waals surface area (Å²) in [5.41, 5.74) is 7.73. The fourth-order valence-electron chi connectivity index (χ4n) is 1.81. The van der Waals surface area contributed by atoms with E-state index in [0.29, 0.717) is 15.6 Å². The number of anilines is 2. The summed E-state index contributed by atoms with van der Waals surface area (Å²) in [6.45, 7) is 1.83. The van der Waals surface area contributed by atoms with Gasteiger partial charge in [0.2, 0.25) is 5.91 Å². The highest BCUT2D eigenvalue weighted by Crippen LogP contribution is 2.20. The van der Waals surface area contributed by atoms with Crippen LogP contribution in [0.4, 0.5) is 11.4 Å². The van der Waals surface area contributed by atoms with Crippen LogP contribution in [0.5, 0.6) is 0 Å². The molecule has 0 aliphatic heterocycles. The summed E-state index contributed by atoms with van der Waals surface area (Å²) >= 11 is 1.16. The highest BCUT2D eigenvalue weighted by molar-refractivity contribution is 7.93. The van der Waals surface area contributed by atoms with Gasteiger partial charge in [-0.05, 0) is 42.1 Å². The summed E-state index contributed by atoms with van der Waals surface area (Å²) in [6, 6.07) is 8.36. The van der Waals surface area contributed by atoms with E-state index in [-0.39, 0.29) is 18.1 Å². The van der Waals surface area contributed by atoms with E-state index in [9.17, 15) is 13.2 Å². The van der Waals surface area contributed by atoms with Gasteiger partial charge in [-0.25, -0.2) is 8.42 Å². The average Bonchev–Trinajstić information content (AvgIpc) is 2.95. The molecule has 0 saturated heterocycles. The van der Waals surface area contributed by atoms with E-state index in [1.165, 1.54) is 0 Å². The van der Waals surface area contributed by atoms with Crippen molar-refractivity contribution in [1.29, 1.82) is 0 Å². The Bertz CT molecular complexity index is 738. The van der Waals surface area contributed by atoms with Crippen LogP contribution < -0.4 is 11.1 Å². The minimum absolute atomic E-state index is 0.0793. The molecule has 0 aliphatic carbocycles. The molecule has 0 radical (unpaired) electrons. The maximum Gasteiger partial charge on any atom is 0.225 e. The van der Waals surface area contributed by atoms with Gasteiger partial charge < -0.3 is 11.1 Å². The van der Waals surface area contributed by atoms with E-state index >= 15 is 0 Å². The Hall–Kier alpha value is -1.86. The second kappa shape index (κ2) is 6.28. The van der Waals surface area contributed by atoms with Crippen LogP contribution in [0.15, 0.2) is 39.9 Å². The lowest BCUT2D eigenvalue weighted by Crippen LogP contribution is -2.17. The second-order valence-electron chi connectivity index (χ2n) is 4.62. The van der Waals surface area contributed by atoms with Crippen molar-refractivity contribution >= 4 is 38.5 Å². The molecule has 5 nitrogen and oxygen atoms in total. The number of sulfone groups is 1. The quantitative estimate of drug-likeness (QED) is 0.827. The largest absolute Gasteiger partial charge is 0.399 e. The first kappa shape index (κ1) is 15.5. The highest BCUT2D eigenvalue weighted by Gasteiger charge is 2.17. The molecule has 7 heteroatoms. The van der Waals surface area contributed by atoms with Crippen LogP contribution in [0.25, 0.3) is 0 Å². The Kier molecular flexibility index (Phi) is 4.64. The minimum atomic E-state index is -3.38. The maximum atomic E-state index is 12.0. The number of hydrogen-bond donors (Lipinski definition) is 2. The zero-order chi connectivity index (χ0) is 15.5. The number of amides is 1. The lowest BCUT2D eigenvalue weighted by atomic mass is 10.2. The Morgan fingerprint density at radius 3 is 2.71 bits per heavy atom. The molecule has 0 bridgehead atoms. The van der Waals surface area contributed by atoms with Crippen molar-refractivity contribution in [2.24, 2.45) is 0 Å². The van der Waals surface area contributed by atoms with Gasteiger partial charge in [0, 0.05) is 17.8 Å². The normalized spacial score (nSPS) is 11.3. The summed E-state index contributed by atoms with van der Waals surface area (Å²) < 4.78 is 24.2. The van der Waals surface area contributed by atoms with Crippen LogP contribution in [-0.2, 0) is 14.6 Å². The molecule has 3 N–H and O–H groups in total. The first-order chi connectivity index (χ1) is 9.88. The molecule has 1 heterocycles. The molecule has 2 rings (SSSR count). The number of nitrogens with two attached hydrogens (primary N) is 1. The predicted octanol–water partition coefficient (Wildman–Crippen LogP) is 2.44. The fourth-order valence-corrected chi connectivity index (χ4v) is 4.20. The Morgan fingerprint density at radius 2 is 2.10 bits per heavy atom. The van der Waals surface area contributed by atoms with Crippen LogP contribution in [0.2, 0.25) is 0 Å².